The van der Waals surface area contributed by atoms with Crippen LogP contribution >= 0.6 is 15.9 Å². The maximum absolute atomic E-state index is 14.4. The molecule has 4 nitrogen and oxygen atoms in total. The van der Waals surface area contributed by atoms with Crippen molar-refractivity contribution in [1.82, 2.24) is 19.5 Å². The molecule has 0 N–H and O–H groups in total. The lowest BCUT2D eigenvalue weighted by Crippen LogP contribution is -2.02. The molecule has 0 saturated carbocycles. The van der Waals surface area contributed by atoms with Gasteiger partial charge in [-0.05, 0) is 42.5 Å². The van der Waals surface area contributed by atoms with E-state index in [1.807, 2.05) is 47.3 Å². The fraction of sp³-hybridized carbons (Fsp3) is 0. The van der Waals surface area contributed by atoms with Crippen LogP contribution in [0.3, 0.4) is 0 Å². The quantitative estimate of drug-likeness (QED) is 0.378. The van der Waals surface area contributed by atoms with Crippen molar-refractivity contribution in [3.05, 3.63) is 83.5 Å². The molecule has 0 aliphatic rings. The molecule has 0 spiro atoms. The van der Waals surface area contributed by atoms with Crippen LogP contribution in [0.25, 0.3) is 39.0 Å². The molecule has 0 saturated heterocycles. The van der Waals surface area contributed by atoms with Crippen LogP contribution in [0, 0.1) is 5.82 Å². The second-order valence-corrected chi connectivity index (χ2v) is 7.05. The van der Waals surface area contributed by atoms with Crippen LogP contribution in [-0.4, -0.2) is 19.5 Å². The number of rotatable bonds is 2. The third-order valence-electron chi connectivity index (χ3n) is 4.47. The molecule has 3 heterocycles. The molecule has 0 radical (unpaired) electrons. The average Bonchev–Trinajstić information content (AvgIpc) is 3.12. The molecule has 27 heavy (non-hydrogen) atoms. The standard InChI is InChI=1S/C21H12BrFN4/c22-14-5-6-18-16(11-14)21(27-10-8-13-12-24-9-7-19(13)27)26-20(25-18)15-3-1-2-4-17(15)23/h1-12H. The number of hydrogen-bond acceptors (Lipinski definition) is 3. The Balaban J connectivity index is 1.87. The second kappa shape index (κ2) is 6.25. The van der Waals surface area contributed by atoms with Crippen molar-refractivity contribution in [1.29, 1.82) is 0 Å². The molecule has 0 unspecified atom stereocenters. The Hall–Kier alpha value is -3.12. The maximum atomic E-state index is 14.4. The van der Waals surface area contributed by atoms with Gasteiger partial charge in [-0.1, -0.05) is 28.1 Å². The third kappa shape index (κ3) is 2.69. The van der Waals surface area contributed by atoms with Crippen LogP contribution in [0.15, 0.2) is 77.7 Å². The van der Waals surface area contributed by atoms with E-state index in [0.29, 0.717) is 17.2 Å². The van der Waals surface area contributed by atoms with Crippen molar-refractivity contribution in [2.45, 2.75) is 0 Å². The average molecular weight is 419 g/mol. The first-order valence-electron chi connectivity index (χ1n) is 8.34. The monoisotopic (exact) mass is 418 g/mol. The third-order valence-corrected chi connectivity index (χ3v) is 4.96. The lowest BCUT2D eigenvalue weighted by Gasteiger charge is -2.12. The van der Waals surface area contributed by atoms with E-state index in [9.17, 15) is 4.39 Å². The van der Waals surface area contributed by atoms with Gasteiger partial charge >= 0.3 is 0 Å². The molecule has 0 fully saturated rings. The summed E-state index contributed by atoms with van der Waals surface area (Å²) < 4.78 is 17.3. The summed E-state index contributed by atoms with van der Waals surface area (Å²) in [5.41, 5.74) is 2.10. The highest BCUT2D eigenvalue weighted by Gasteiger charge is 2.15. The first-order chi connectivity index (χ1) is 13.2. The van der Waals surface area contributed by atoms with Gasteiger partial charge < -0.3 is 4.57 Å². The predicted molar refractivity (Wildman–Crippen MR) is 107 cm³/mol. The Labute approximate surface area is 162 Å². The fourth-order valence-electron chi connectivity index (χ4n) is 3.20. The molecule has 0 bridgehead atoms. The zero-order chi connectivity index (χ0) is 18.4. The molecular weight excluding hydrogens is 407 g/mol. The van der Waals surface area contributed by atoms with Crippen molar-refractivity contribution in [2.24, 2.45) is 0 Å². The van der Waals surface area contributed by atoms with Crippen LogP contribution in [0.5, 0.6) is 0 Å². The van der Waals surface area contributed by atoms with Gasteiger partial charge in [-0.3, -0.25) is 4.98 Å². The van der Waals surface area contributed by atoms with Gasteiger partial charge in [0.2, 0.25) is 0 Å². The number of nitrogens with zero attached hydrogens (tertiary/aromatic N) is 4. The Morgan fingerprint density at radius 2 is 1.85 bits per heavy atom. The van der Waals surface area contributed by atoms with Gasteiger partial charge in [0.05, 0.1) is 16.6 Å². The highest BCUT2D eigenvalue weighted by molar-refractivity contribution is 9.10. The summed E-state index contributed by atoms with van der Waals surface area (Å²) in [7, 11) is 0. The SMILES string of the molecule is Fc1ccccc1-c1nc(-n2ccc3cnccc32)c2cc(Br)ccc2n1. The van der Waals surface area contributed by atoms with Crippen LogP contribution in [0.2, 0.25) is 0 Å². The molecule has 0 aliphatic heterocycles. The van der Waals surface area contributed by atoms with Gasteiger partial charge in [0, 0.05) is 33.8 Å². The van der Waals surface area contributed by atoms with Gasteiger partial charge in [-0.15, -0.1) is 0 Å². The number of fused-ring (bicyclic) bond motifs is 2. The summed E-state index contributed by atoms with van der Waals surface area (Å²) in [5.74, 6) is 0.705. The molecule has 0 amide bonds. The lowest BCUT2D eigenvalue weighted by atomic mass is 10.1. The van der Waals surface area contributed by atoms with Crippen molar-refractivity contribution < 1.29 is 4.39 Å². The Bertz CT molecular complexity index is 1310. The predicted octanol–water partition coefficient (Wildman–Crippen LogP) is 5.54. The van der Waals surface area contributed by atoms with Crippen molar-refractivity contribution in [3.8, 4) is 17.2 Å². The first kappa shape index (κ1) is 16.1. The zero-order valence-corrected chi connectivity index (χ0v) is 15.6. The summed E-state index contributed by atoms with van der Waals surface area (Å²) in [6.07, 6.45) is 5.50. The van der Waals surface area contributed by atoms with E-state index in [1.54, 1.807) is 24.4 Å². The maximum Gasteiger partial charge on any atom is 0.165 e. The summed E-state index contributed by atoms with van der Waals surface area (Å²) in [6, 6.07) is 16.3. The number of halogens is 2. The van der Waals surface area contributed by atoms with Crippen molar-refractivity contribution >= 4 is 37.7 Å². The normalized spacial score (nSPS) is 11.3. The first-order valence-corrected chi connectivity index (χ1v) is 9.14. The van der Waals surface area contributed by atoms with E-state index in [4.69, 9.17) is 4.98 Å². The topological polar surface area (TPSA) is 43.6 Å². The van der Waals surface area contributed by atoms with E-state index in [2.05, 4.69) is 25.9 Å². The van der Waals surface area contributed by atoms with Gasteiger partial charge in [-0.25, -0.2) is 14.4 Å². The van der Waals surface area contributed by atoms with E-state index < -0.39 is 0 Å². The second-order valence-electron chi connectivity index (χ2n) is 6.13. The van der Waals surface area contributed by atoms with Gasteiger partial charge in [0.25, 0.3) is 0 Å². The van der Waals surface area contributed by atoms with Crippen LogP contribution in [-0.2, 0) is 0 Å². The summed E-state index contributed by atoms with van der Waals surface area (Å²) in [5, 5.41) is 1.88. The molecular formula is C21H12BrFN4. The van der Waals surface area contributed by atoms with Crippen molar-refractivity contribution in [3.63, 3.8) is 0 Å². The number of pyridine rings is 1. The Morgan fingerprint density at radius 3 is 2.74 bits per heavy atom. The van der Waals surface area contributed by atoms with E-state index in [1.165, 1.54) is 6.07 Å². The zero-order valence-electron chi connectivity index (χ0n) is 14.0. The minimum absolute atomic E-state index is 0.346. The molecule has 5 aromatic rings. The largest absolute Gasteiger partial charge is 0.300 e. The summed E-state index contributed by atoms with van der Waals surface area (Å²) >= 11 is 3.52. The smallest absolute Gasteiger partial charge is 0.165 e. The molecule has 6 heteroatoms. The van der Waals surface area contributed by atoms with E-state index in [-0.39, 0.29) is 5.82 Å². The van der Waals surface area contributed by atoms with Crippen LogP contribution < -0.4 is 0 Å². The minimum atomic E-state index is -0.346. The minimum Gasteiger partial charge on any atom is -0.300 e. The number of hydrogen-bond donors (Lipinski definition) is 0. The number of benzene rings is 2. The highest BCUT2D eigenvalue weighted by Crippen LogP contribution is 2.30. The molecule has 130 valence electrons. The van der Waals surface area contributed by atoms with Crippen LogP contribution in [0.1, 0.15) is 0 Å². The lowest BCUT2D eigenvalue weighted by molar-refractivity contribution is 0.630. The molecule has 2 aromatic carbocycles. The Morgan fingerprint density at radius 1 is 0.963 bits per heavy atom. The fourth-order valence-corrected chi connectivity index (χ4v) is 3.56. The van der Waals surface area contributed by atoms with Crippen LogP contribution in [0.4, 0.5) is 4.39 Å². The van der Waals surface area contributed by atoms with E-state index >= 15 is 0 Å². The van der Waals surface area contributed by atoms with Gasteiger partial charge in [0.1, 0.15) is 11.6 Å². The summed E-state index contributed by atoms with van der Waals surface area (Å²) in [6.45, 7) is 0. The molecule has 0 aliphatic carbocycles. The van der Waals surface area contributed by atoms with Crippen molar-refractivity contribution in [2.75, 3.05) is 0 Å². The van der Waals surface area contributed by atoms with Gasteiger partial charge in [-0.2, -0.15) is 0 Å². The molecule has 3 aromatic heterocycles. The highest BCUT2D eigenvalue weighted by atomic mass is 79.9. The number of aromatic nitrogens is 4. The Kier molecular flexibility index (Phi) is 3.72. The molecule has 5 rings (SSSR count). The van der Waals surface area contributed by atoms with Gasteiger partial charge in [0.15, 0.2) is 5.82 Å². The van der Waals surface area contributed by atoms with E-state index in [0.717, 1.165) is 26.3 Å². The summed E-state index contributed by atoms with van der Waals surface area (Å²) in [4.78, 5) is 13.5. The molecule has 0 atom stereocenters.